The maximum absolute atomic E-state index is 2.38. The molecule has 10 aromatic rings. The van der Waals surface area contributed by atoms with E-state index in [2.05, 4.69) is 229 Å². The lowest BCUT2D eigenvalue weighted by Gasteiger charge is -2.28. The average molecular weight is 700 g/mol. The maximum atomic E-state index is 2.38. The van der Waals surface area contributed by atoms with Gasteiger partial charge in [-0.1, -0.05) is 176 Å². The lowest BCUT2D eigenvalue weighted by molar-refractivity contribution is 1.30. The molecule has 0 atom stereocenters. The van der Waals surface area contributed by atoms with E-state index >= 15 is 0 Å². The predicted molar refractivity (Wildman–Crippen MR) is 235 cm³/mol. The van der Waals surface area contributed by atoms with Gasteiger partial charge in [-0.15, -0.1) is 0 Å². The molecule has 10 rings (SSSR count). The van der Waals surface area contributed by atoms with E-state index in [1.807, 2.05) is 0 Å². The smallest absolute Gasteiger partial charge is 0.0540 e. The molecule has 0 fully saturated rings. The zero-order valence-corrected chi connectivity index (χ0v) is 30.3. The predicted octanol–water partition coefficient (Wildman–Crippen LogP) is 15.3. The molecule has 0 aliphatic carbocycles. The highest BCUT2D eigenvalue weighted by Crippen LogP contribution is 2.48. The fraction of sp³-hybridized carbons (Fsp3) is 0. The van der Waals surface area contributed by atoms with Crippen molar-refractivity contribution in [2.24, 2.45) is 0 Å². The van der Waals surface area contributed by atoms with Crippen molar-refractivity contribution in [1.29, 1.82) is 0 Å². The van der Waals surface area contributed by atoms with Crippen molar-refractivity contribution < 1.29 is 0 Å². The molecule has 1 heteroatoms. The van der Waals surface area contributed by atoms with E-state index in [-0.39, 0.29) is 0 Å². The Morgan fingerprint density at radius 2 is 0.600 bits per heavy atom. The summed E-state index contributed by atoms with van der Waals surface area (Å²) >= 11 is 0. The van der Waals surface area contributed by atoms with Crippen molar-refractivity contribution in [3.05, 3.63) is 224 Å². The van der Waals surface area contributed by atoms with Gasteiger partial charge in [-0.3, -0.25) is 0 Å². The van der Waals surface area contributed by atoms with Gasteiger partial charge in [0.15, 0.2) is 0 Å². The van der Waals surface area contributed by atoms with Gasteiger partial charge in [-0.05, 0) is 120 Å². The van der Waals surface area contributed by atoms with Crippen LogP contribution in [-0.2, 0) is 0 Å². The average Bonchev–Trinajstić information content (AvgIpc) is 3.27. The molecule has 0 aliphatic rings. The zero-order chi connectivity index (χ0) is 36.6. The quantitative estimate of drug-likeness (QED) is 0.150. The minimum absolute atomic E-state index is 1.12. The Morgan fingerprint density at radius 3 is 1.07 bits per heavy atom. The first-order chi connectivity index (χ1) is 27.3. The Balaban J connectivity index is 1.25. The summed E-state index contributed by atoms with van der Waals surface area (Å²) in [5.74, 6) is 0. The van der Waals surface area contributed by atoms with Crippen LogP contribution >= 0.6 is 0 Å². The molecular formula is C54H37N. The zero-order valence-electron chi connectivity index (χ0n) is 30.3. The molecule has 0 saturated carbocycles. The van der Waals surface area contributed by atoms with Crippen molar-refractivity contribution in [3.8, 4) is 44.5 Å². The van der Waals surface area contributed by atoms with Crippen LogP contribution in [0.2, 0.25) is 0 Å². The number of nitrogens with zero attached hydrogens (tertiary/aromatic N) is 1. The normalized spacial score (nSPS) is 11.3. The van der Waals surface area contributed by atoms with Crippen LogP contribution in [0, 0.1) is 0 Å². The Labute approximate surface area is 322 Å². The van der Waals surface area contributed by atoms with Gasteiger partial charge in [-0.25, -0.2) is 0 Å². The summed E-state index contributed by atoms with van der Waals surface area (Å²) in [6, 6.07) is 81.4. The van der Waals surface area contributed by atoms with Crippen LogP contribution in [0.4, 0.5) is 17.1 Å². The Kier molecular flexibility index (Phi) is 8.24. The second kappa shape index (κ2) is 14.0. The van der Waals surface area contributed by atoms with Crippen LogP contribution < -0.4 is 4.90 Å². The first kappa shape index (κ1) is 32.4. The Bertz CT molecular complexity index is 2800. The van der Waals surface area contributed by atoms with E-state index < -0.39 is 0 Å². The molecule has 0 amide bonds. The summed E-state index contributed by atoms with van der Waals surface area (Å²) in [6.07, 6.45) is 0. The second-order valence-electron chi connectivity index (χ2n) is 14.1. The van der Waals surface area contributed by atoms with Crippen LogP contribution in [0.3, 0.4) is 0 Å². The molecule has 0 N–H and O–H groups in total. The van der Waals surface area contributed by atoms with Crippen LogP contribution in [0.1, 0.15) is 0 Å². The standard InChI is InChI=1S/C54H37N/c1-5-19-38(20-6-1)40-35-41(39-21-7-2-8-22-39)37-42(36-40)53-47-29-15-17-31-49(47)54(50-32-18-16-30-48(50)53)51-33-34-52(46-28-14-13-27-45(46)51)55(43-23-9-3-10-24-43)44-25-11-4-12-26-44/h1-37H. The number of hydrogen-bond donors (Lipinski definition) is 0. The second-order valence-corrected chi connectivity index (χ2v) is 14.1. The molecule has 0 aromatic heterocycles. The number of fused-ring (bicyclic) bond motifs is 3. The molecule has 0 aliphatic heterocycles. The summed E-state index contributed by atoms with van der Waals surface area (Å²) < 4.78 is 0. The first-order valence-electron chi connectivity index (χ1n) is 18.9. The summed E-state index contributed by atoms with van der Waals surface area (Å²) in [4.78, 5) is 2.37. The molecule has 0 radical (unpaired) electrons. The van der Waals surface area contributed by atoms with Crippen LogP contribution in [0.5, 0.6) is 0 Å². The first-order valence-corrected chi connectivity index (χ1v) is 18.9. The van der Waals surface area contributed by atoms with Gasteiger partial charge in [0, 0.05) is 16.8 Å². The number of rotatable bonds is 7. The molecule has 0 spiro atoms. The lowest BCUT2D eigenvalue weighted by atomic mass is 9.83. The van der Waals surface area contributed by atoms with E-state index in [0.29, 0.717) is 0 Å². The summed E-state index contributed by atoms with van der Waals surface area (Å²) in [7, 11) is 0. The van der Waals surface area contributed by atoms with Gasteiger partial charge < -0.3 is 4.90 Å². The van der Waals surface area contributed by atoms with Gasteiger partial charge in [0.2, 0.25) is 0 Å². The molecular weight excluding hydrogens is 663 g/mol. The summed E-state index contributed by atoms with van der Waals surface area (Å²) in [5, 5.41) is 7.38. The third-order valence-corrected chi connectivity index (χ3v) is 10.8. The van der Waals surface area contributed by atoms with Gasteiger partial charge >= 0.3 is 0 Å². The van der Waals surface area contributed by atoms with Crippen LogP contribution in [-0.4, -0.2) is 0 Å². The van der Waals surface area contributed by atoms with Crippen molar-refractivity contribution >= 4 is 49.4 Å². The van der Waals surface area contributed by atoms with E-state index in [1.54, 1.807) is 0 Å². The molecule has 0 bridgehead atoms. The van der Waals surface area contributed by atoms with Gasteiger partial charge in [0.05, 0.1) is 5.69 Å². The van der Waals surface area contributed by atoms with E-state index in [0.717, 1.165) is 17.1 Å². The molecule has 0 heterocycles. The number of hydrogen-bond acceptors (Lipinski definition) is 1. The third-order valence-electron chi connectivity index (χ3n) is 10.8. The summed E-state index contributed by atoms with van der Waals surface area (Å²) in [5.41, 5.74) is 13.2. The van der Waals surface area contributed by atoms with E-state index in [9.17, 15) is 0 Å². The summed E-state index contributed by atoms with van der Waals surface area (Å²) in [6.45, 7) is 0. The number of benzene rings is 10. The highest BCUT2D eigenvalue weighted by Gasteiger charge is 2.21. The fourth-order valence-corrected chi connectivity index (χ4v) is 8.37. The molecule has 258 valence electrons. The molecule has 55 heavy (non-hydrogen) atoms. The minimum atomic E-state index is 1.12. The maximum Gasteiger partial charge on any atom is 0.0540 e. The van der Waals surface area contributed by atoms with Crippen LogP contribution in [0.15, 0.2) is 224 Å². The monoisotopic (exact) mass is 699 g/mol. The molecule has 0 saturated heterocycles. The minimum Gasteiger partial charge on any atom is -0.310 e. The van der Waals surface area contributed by atoms with E-state index in [4.69, 9.17) is 0 Å². The Hall–Kier alpha value is -7.22. The number of anilines is 3. The SMILES string of the molecule is c1ccc(-c2cc(-c3ccccc3)cc(-c3c4ccccc4c(-c4ccc(N(c5ccccc5)c5ccccc5)c5ccccc45)c4ccccc34)c2)cc1. The van der Waals surface area contributed by atoms with Gasteiger partial charge in [-0.2, -0.15) is 0 Å². The fourth-order valence-electron chi connectivity index (χ4n) is 8.37. The van der Waals surface area contributed by atoms with Gasteiger partial charge in [0.1, 0.15) is 0 Å². The third kappa shape index (κ3) is 5.84. The molecule has 0 unspecified atom stereocenters. The van der Waals surface area contributed by atoms with Crippen molar-refractivity contribution in [1.82, 2.24) is 0 Å². The number of para-hydroxylation sites is 2. The van der Waals surface area contributed by atoms with Crippen molar-refractivity contribution in [2.45, 2.75) is 0 Å². The van der Waals surface area contributed by atoms with Crippen molar-refractivity contribution in [2.75, 3.05) is 4.90 Å². The van der Waals surface area contributed by atoms with Crippen LogP contribution in [0.25, 0.3) is 76.8 Å². The lowest BCUT2D eigenvalue weighted by Crippen LogP contribution is -2.10. The molecule has 10 aromatic carbocycles. The Morgan fingerprint density at radius 1 is 0.236 bits per heavy atom. The van der Waals surface area contributed by atoms with Crippen molar-refractivity contribution in [3.63, 3.8) is 0 Å². The topological polar surface area (TPSA) is 3.24 Å². The van der Waals surface area contributed by atoms with Gasteiger partial charge in [0.25, 0.3) is 0 Å². The molecule has 1 nitrogen and oxygen atoms in total. The largest absolute Gasteiger partial charge is 0.310 e. The highest BCUT2D eigenvalue weighted by molar-refractivity contribution is 6.24. The highest BCUT2D eigenvalue weighted by atomic mass is 15.1. The van der Waals surface area contributed by atoms with E-state index in [1.165, 1.54) is 76.8 Å².